The van der Waals surface area contributed by atoms with Gasteiger partial charge in [-0.1, -0.05) is 0 Å². The van der Waals surface area contributed by atoms with Crippen molar-refractivity contribution in [2.45, 2.75) is 19.8 Å². The van der Waals surface area contributed by atoms with Crippen LogP contribution < -0.4 is 0 Å². The third kappa shape index (κ3) is 5.58. The van der Waals surface area contributed by atoms with Crippen LogP contribution in [-0.2, 0) is 14.4 Å². The van der Waals surface area contributed by atoms with Gasteiger partial charge in [0.2, 0.25) is 11.8 Å². The molecule has 23 heavy (non-hydrogen) atoms. The quantitative estimate of drug-likeness (QED) is 0.667. The van der Waals surface area contributed by atoms with Gasteiger partial charge in [0.25, 0.3) is 0 Å². The lowest BCUT2D eigenvalue weighted by atomic mass is 10.2. The lowest BCUT2D eigenvalue weighted by molar-refractivity contribution is -0.140. The molecule has 0 radical (unpaired) electrons. The lowest BCUT2D eigenvalue weighted by Crippen LogP contribution is -2.54. The van der Waals surface area contributed by atoms with Gasteiger partial charge in [-0.2, -0.15) is 0 Å². The second-order valence-electron chi connectivity index (χ2n) is 6.54. The van der Waals surface area contributed by atoms with Gasteiger partial charge in [0.05, 0.1) is 6.54 Å². The van der Waals surface area contributed by atoms with E-state index in [-0.39, 0.29) is 24.0 Å². The van der Waals surface area contributed by atoms with Crippen LogP contribution in [0.2, 0.25) is 0 Å². The summed E-state index contributed by atoms with van der Waals surface area (Å²) in [5.41, 5.74) is 0. The summed E-state index contributed by atoms with van der Waals surface area (Å²) in [7, 11) is 2.10. The largest absolute Gasteiger partial charge is 0.339 e. The summed E-state index contributed by atoms with van der Waals surface area (Å²) in [5, 5.41) is 0. The molecular weight excluding hydrogens is 296 g/mol. The Hall–Kier alpha value is -1.47. The predicted molar refractivity (Wildman–Crippen MR) is 87.0 cm³/mol. The minimum absolute atomic E-state index is 0.0198. The molecule has 2 heterocycles. The normalized spacial score (nSPS) is 20.6. The van der Waals surface area contributed by atoms with Gasteiger partial charge >= 0.3 is 0 Å². The molecule has 0 N–H and O–H groups in total. The number of Topliss-reactive ketones (excluding diaryl/α,β-unsaturated/α-hetero) is 1. The van der Waals surface area contributed by atoms with Gasteiger partial charge in [-0.15, -0.1) is 0 Å². The molecule has 2 aliphatic rings. The summed E-state index contributed by atoms with van der Waals surface area (Å²) in [6.45, 7) is 8.20. The molecule has 130 valence electrons. The standard InChI is InChI=1S/C16H28N4O3/c1-14(21)3-4-15(22)19-9-11-20(12-10-19)16(23)13-18-7-5-17(2)6-8-18/h3-13H2,1-2H3. The highest BCUT2D eigenvalue weighted by Crippen LogP contribution is 2.07. The third-order valence-corrected chi connectivity index (χ3v) is 4.63. The number of hydrogen-bond acceptors (Lipinski definition) is 5. The molecule has 0 aromatic heterocycles. The van der Waals surface area contributed by atoms with E-state index < -0.39 is 0 Å². The molecule has 7 nitrogen and oxygen atoms in total. The zero-order valence-corrected chi connectivity index (χ0v) is 14.3. The molecule has 0 unspecified atom stereocenters. The van der Waals surface area contributed by atoms with Crippen LogP contribution >= 0.6 is 0 Å². The van der Waals surface area contributed by atoms with Crippen molar-refractivity contribution in [3.63, 3.8) is 0 Å². The Balaban J connectivity index is 1.70. The summed E-state index contributed by atoms with van der Waals surface area (Å²) in [6, 6.07) is 0. The Bertz CT molecular complexity index is 439. The summed E-state index contributed by atoms with van der Waals surface area (Å²) in [6.07, 6.45) is 0.589. The van der Waals surface area contributed by atoms with Crippen LogP contribution in [0.25, 0.3) is 0 Å². The molecule has 2 rings (SSSR count). The molecule has 0 aromatic carbocycles. The van der Waals surface area contributed by atoms with Crippen molar-refractivity contribution in [1.82, 2.24) is 19.6 Å². The SMILES string of the molecule is CC(=O)CCC(=O)N1CCN(C(=O)CN2CCN(C)CC2)CC1. The van der Waals surface area contributed by atoms with Crippen LogP contribution in [0.15, 0.2) is 0 Å². The number of rotatable bonds is 5. The maximum absolute atomic E-state index is 12.4. The van der Waals surface area contributed by atoms with Crippen LogP contribution in [0.1, 0.15) is 19.8 Å². The van der Waals surface area contributed by atoms with E-state index in [0.29, 0.717) is 39.1 Å². The summed E-state index contributed by atoms with van der Waals surface area (Å²) < 4.78 is 0. The smallest absolute Gasteiger partial charge is 0.236 e. The van der Waals surface area contributed by atoms with E-state index in [2.05, 4.69) is 16.8 Å². The van der Waals surface area contributed by atoms with Crippen molar-refractivity contribution in [3.05, 3.63) is 0 Å². The van der Waals surface area contributed by atoms with Gasteiger partial charge in [-0.3, -0.25) is 14.5 Å². The van der Waals surface area contributed by atoms with Crippen LogP contribution in [0.3, 0.4) is 0 Å². The number of likely N-dealkylation sites (N-methyl/N-ethyl adjacent to an activating group) is 1. The van der Waals surface area contributed by atoms with E-state index in [9.17, 15) is 14.4 Å². The van der Waals surface area contributed by atoms with Crippen LogP contribution in [-0.4, -0.2) is 103 Å². The van der Waals surface area contributed by atoms with Gasteiger partial charge in [0, 0.05) is 65.2 Å². The molecule has 0 bridgehead atoms. The minimum atomic E-state index is 0.0198. The number of nitrogens with zero attached hydrogens (tertiary/aromatic N) is 4. The first kappa shape index (κ1) is 17.9. The number of carbonyl (C=O) groups excluding carboxylic acids is 3. The van der Waals surface area contributed by atoms with E-state index >= 15 is 0 Å². The number of carbonyl (C=O) groups is 3. The Morgan fingerprint density at radius 3 is 1.78 bits per heavy atom. The lowest BCUT2D eigenvalue weighted by Gasteiger charge is -2.37. The maximum atomic E-state index is 12.4. The van der Waals surface area contributed by atoms with Gasteiger partial charge in [0.1, 0.15) is 5.78 Å². The summed E-state index contributed by atoms with van der Waals surface area (Å²) >= 11 is 0. The molecule has 0 aromatic rings. The molecule has 2 amide bonds. The van der Waals surface area contributed by atoms with E-state index in [4.69, 9.17) is 0 Å². The van der Waals surface area contributed by atoms with E-state index in [1.54, 1.807) is 4.90 Å². The first-order valence-corrected chi connectivity index (χ1v) is 8.41. The Labute approximate surface area is 138 Å². The van der Waals surface area contributed by atoms with Crippen molar-refractivity contribution in [1.29, 1.82) is 0 Å². The van der Waals surface area contributed by atoms with Crippen molar-refractivity contribution in [3.8, 4) is 0 Å². The topological polar surface area (TPSA) is 64.2 Å². The van der Waals surface area contributed by atoms with Gasteiger partial charge in [-0.05, 0) is 14.0 Å². The first-order valence-electron chi connectivity index (χ1n) is 8.41. The molecule has 2 saturated heterocycles. The zero-order chi connectivity index (χ0) is 16.8. The van der Waals surface area contributed by atoms with Crippen LogP contribution in [0.5, 0.6) is 0 Å². The minimum Gasteiger partial charge on any atom is -0.339 e. The highest BCUT2D eigenvalue weighted by Gasteiger charge is 2.25. The molecule has 0 saturated carbocycles. The summed E-state index contributed by atoms with van der Waals surface area (Å²) in [5.74, 6) is 0.219. The molecule has 2 fully saturated rings. The van der Waals surface area contributed by atoms with Crippen molar-refractivity contribution in [2.75, 3.05) is 66.0 Å². The van der Waals surface area contributed by atoms with Crippen molar-refractivity contribution >= 4 is 17.6 Å². The summed E-state index contributed by atoms with van der Waals surface area (Å²) in [4.78, 5) is 43.4. The number of amides is 2. The molecule has 2 aliphatic heterocycles. The molecule has 7 heteroatoms. The second-order valence-corrected chi connectivity index (χ2v) is 6.54. The first-order chi connectivity index (χ1) is 11.0. The third-order valence-electron chi connectivity index (χ3n) is 4.63. The van der Waals surface area contributed by atoms with Gasteiger partial charge < -0.3 is 19.5 Å². The Morgan fingerprint density at radius 2 is 1.26 bits per heavy atom. The molecule has 0 spiro atoms. The predicted octanol–water partition coefficient (Wildman–Crippen LogP) is -0.726. The Kier molecular flexibility index (Phi) is 6.53. The van der Waals surface area contributed by atoms with Gasteiger partial charge in [-0.25, -0.2) is 0 Å². The average Bonchev–Trinajstić information content (AvgIpc) is 2.55. The Morgan fingerprint density at radius 1 is 0.739 bits per heavy atom. The van der Waals surface area contributed by atoms with Crippen molar-refractivity contribution < 1.29 is 14.4 Å². The second kappa shape index (κ2) is 8.40. The van der Waals surface area contributed by atoms with Crippen LogP contribution in [0, 0.1) is 0 Å². The van der Waals surface area contributed by atoms with E-state index in [1.165, 1.54) is 6.92 Å². The molecular formula is C16H28N4O3. The monoisotopic (exact) mass is 324 g/mol. The fraction of sp³-hybridized carbons (Fsp3) is 0.812. The zero-order valence-electron chi connectivity index (χ0n) is 14.3. The maximum Gasteiger partial charge on any atom is 0.236 e. The van der Waals surface area contributed by atoms with Crippen LogP contribution in [0.4, 0.5) is 0 Å². The highest BCUT2D eigenvalue weighted by molar-refractivity contribution is 5.84. The average molecular weight is 324 g/mol. The molecule has 0 atom stereocenters. The fourth-order valence-corrected chi connectivity index (χ4v) is 2.94. The molecule has 0 aliphatic carbocycles. The van der Waals surface area contributed by atoms with Gasteiger partial charge in [0.15, 0.2) is 0 Å². The van der Waals surface area contributed by atoms with Crippen molar-refractivity contribution in [2.24, 2.45) is 0 Å². The number of hydrogen-bond donors (Lipinski definition) is 0. The number of ketones is 1. The van der Waals surface area contributed by atoms with E-state index in [1.807, 2.05) is 4.90 Å². The highest BCUT2D eigenvalue weighted by atomic mass is 16.2. The fourth-order valence-electron chi connectivity index (χ4n) is 2.94. The number of piperazine rings is 2. The van der Waals surface area contributed by atoms with E-state index in [0.717, 1.165) is 26.2 Å².